The van der Waals surface area contributed by atoms with E-state index in [2.05, 4.69) is 10.3 Å². The Kier molecular flexibility index (Phi) is 5.41. The van der Waals surface area contributed by atoms with Gasteiger partial charge in [-0.3, -0.25) is 4.21 Å². The molecule has 0 amide bonds. The first-order valence-electron chi connectivity index (χ1n) is 8.77. The van der Waals surface area contributed by atoms with E-state index in [-0.39, 0.29) is 0 Å². The van der Waals surface area contributed by atoms with Crippen LogP contribution in [0.5, 0.6) is 0 Å². The first kappa shape index (κ1) is 18.7. The predicted octanol–water partition coefficient (Wildman–Crippen LogP) is 4.94. The van der Waals surface area contributed by atoms with Gasteiger partial charge in [-0.25, -0.2) is 4.68 Å². The van der Waals surface area contributed by atoms with Gasteiger partial charge in [-0.15, -0.1) is 0 Å². The summed E-state index contributed by atoms with van der Waals surface area (Å²) in [4.78, 5) is 0. The molecule has 0 N–H and O–H groups in total. The van der Waals surface area contributed by atoms with Crippen LogP contribution in [-0.4, -0.2) is 19.1 Å². The smallest absolute Gasteiger partial charge is 0.167 e. The van der Waals surface area contributed by atoms with Gasteiger partial charge in [0.1, 0.15) is 5.15 Å². The Labute approximate surface area is 170 Å². The number of rotatable bonds is 6. The van der Waals surface area contributed by atoms with Gasteiger partial charge in [-0.1, -0.05) is 65.3 Å². The van der Waals surface area contributed by atoms with Crippen molar-refractivity contribution in [3.63, 3.8) is 0 Å². The predicted molar refractivity (Wildman–Crippen MR) is 111 cm³/mol. The lowest BCUT2D eigenvalue weighted by atomic mass is 10.2. The van der Waals surface area contributed by atoms with E-state index in [0.717, 1.165) is 22.5 Å². The maximum atomic E-state index is 12.7. The topological polar surface area (TPSA) is 60.9 Å². The van der Waals surface area contributed by atoms with Crippen molar-refractivity contribution >= 4 is 22.4 Å². The molecule has 28 heavy (non-hydrogen) atoms. The molecule has 0 fully saturated rings. The summed E-state index contributed by atoms with van der Waals surface area (Å²) in [5.74, 6) is 1.27. The van der Waals surface area contributed by atoms with Crippen LogP contribution >= 0.6 is 11.6 Å². The number of benzene rings is 2. The van der Waals surface area contributed by atoms with Gasteiger partial charge in [0.2, 0.25) is 0 Å². The van der Waals surface area contributed by atoms with E-state index in [0.29, 0.717) is 28.1 Å². The van der Waals surface area contributed by atoms with Crippen molar-refractivity contribution < 1.29 is 8.73 Å². The molecule has 2 aromatic heterocycles. The monoisotopic (exact) mass is 411 g/mol. The molecule has 0 unspecified atom stereocenters. The number of aromatic nitrogens is 3. The summed E-state index contributed by atoms with van der Waals surface area (Å²) in [6, 6.07) is 21.2. The van der Waals surface area contributed by atoms with Gasteiger partial charge in [0.25, 0.3) is 0 Å². The molecule has 0 aliphatic carbocycles. The van der Waals surface area contributed by atoms with Crippen molar-refractivity contribution in [2.75, 3.05) is 0 Å². The summed E-state index contributed by atoms with van der Waals surface area (Å²) in [7, 11) is -1.19. The van der Waals surface area contributed by atoms with Crippen LogP contribution < -0.4 is 0 Å². The third kappa shape index (κ3) is 3.93. The molecule has 0 spiro atoms. The molecular formula is C21H18ClN3O2S. The number of halogens is 1. The Hall–Kier alpha value is -2.70. The Balaban J connectivity index is 1.49. The molecule has 0 saturated carbocycles. The van der Waals surface area contributed by atoms with Gasteiger partial charge in [-0.2, -0.15) is 5.10 Å². The van der Waals surface area contributed by atoms with Crippen molar-refractivity contribution in [2.45, 2.75) is 18.4 Å². The zero-order valence-corrected chi connectivity index (χ0v) is 16.8. The maximum Gasteiger partial charge on any atom is 0.167 e. The molecule has 142 valence electrons. The molecule has 4 rings (SSSR count). The summed E-state index contributed by atoms with van der Waals surface area (Å²) >= 11 is 6.53. The quantitative estimate of drug-likeness (QED) is 0.451. The van der Waals surface area contributed by atoms with E-state index >= 15 is 0 Å². The number of aryl methyl sites for hydroxylation is 1. The van der Waals surface area contributed by atoms with Crippen LogP contribution in [0.4, 0.5) is 0 Å². The molecule has 2 heterocycles. The van der Waals surface area contributed by atoms with E-state index in [9.17, 15) is 4.21 Å². The minimum atomic E-state index is -1.19. The highest BCUT2D eigenvalue weighted by atomic mass is 35.5. The van der Waals surface area contributed by atoms with Crippen molar-refractivity contribution in [2.24, 2.45) is 0 Å². The van der Waals surface area contributed by atoms with Crippen molar-refractivity contribution in [1.82, 2.24) is 14.9 Å². The van der Waals surface area contributed by atoms with E-state index in [1.54, 1.807) is 4.68 Å². The largest absolute Gasteiger partial charge is 0.356 e. The molecule has 1 atom stereocenters. The Morgan fingerprint density at radius 1 is 1.04 bits per heavy atom. The van der Waals surface area contributed by atoms with Crippen LogP contribution in [0.15, 0.2) is 71.3 Å². The van der Waals surface area contributed by atoms with Crippen LogP contribution in [0, 0.1) is 6.92 Å². The molecule has 2 aromatic carbocycles. The van der Waals surface area contributed by atoms with E-state index in [1.165, 1.54) is 0 Å². The first-order valence-corrected chi connectivity index (χ1v) is 10.6. The molecule has 5 nitrogen and oxygen atoms in total. The summed E-state index contributed by atoms with van der Waals surface area (Å²) in [6.45, 7) is 1.88. The second-order valence-corrected chi connectivity index (χ2v) is 8.19. The summed E-state index contributed by atoms with van der Waals surface area (Å²) < 4.78 is 19.8. The van der Waals surface area contributed by atoms with Crippen LogP contribution in [0.25, 0.3) is 17.0 Å². The van der Waals surface area contributed by atoms with Gasteiger partial charge >= 0.3 is 0 Å². The standard InChI is InChI=1S/C21H18ClN3O2S/c1-15-19(21(22)25(23-15)18-10-6-3-7-11-18)14-28(26)13-17-12-20(27-24-17)16-8-4-2-5-9-16/h2-12H,13-14H2,1H3/t28-/m0/s1. The first-order chi connectivity index (χ1) is 13.6. The second-order valence-electron chi connectivity index (χ2n) is 6.38. The molecular weight excluding hydrogens is 394 g/mol. The van der Waals surface area contributed by atoms with Crippen LogP contribution in [0.3, 0.4) is 0 Å². The van der Waals surface area contributed by atoms with E-state index < -0.39 is 10.8 Å². The lowest BCUT2D eigenvalue weighted by Crippen LogP contribution is -2.01. The summed E-state index contributed by atoms with van der Waals surface area (Å²) in [5, 5.41) is 9.04. The minimum Gasteiger partial charge on any atom is -0.356 e. The molecule has 0 radical (unpaired) electrons. The maximum absolute atomic E-state index is 12.7. The van der Waals surface area contributed by atoms with Gasteiger partial charge in [0, 0.05) is 28.0 Å². The SMILES string of the molecule is Cc1nn(-c2ccccc2)c(Cl)c1C[S@@](=O)Cc1cc(-c2ccccc2)on1. The fourth-order valence-electron chi connectivity index (χ4n) is 2.93. The molecule has 0 saturated heterocycles. The third-order valence-electron chi connectivity index (χ3n) is 4.35. The van der Waals surface area contributed by atoms with Crippen molar-refractivity contribution in [1.29, 1.82) is 0 Å². The zero-order chi connectivity index (χ0) is 19.5. The van der Waals surface area contributed by atoms with Gasteiger partial charge in [0.15, 0.2) is 5.76 Å². The highest BCUT2D eigenvalue weighted by Gasteiger charge is 2.18. The molecule has 4 aromatic rings. The third-order valence-corrected chi connectivity index (χ3v) is 5.97. The van der Waals surface area contributed by atoms with Crippen molar-refractivity contribution in [3.05, 3.63) is 88.8 Å². The number of nitrogens with zero attached hydrogens (tertiary/aromatic N) is 3. The molecule has 0 aliphatic rings. The lowest BCUT2D eigenvalue weighted by molar-refractivity contribution is 0.426. The summed E-state index contributed by atoms with van der Waals surface area (Å²) in [6.07, 6.45) is 0. The number of para-hydroxylation sites is 1. The van der Waals surface area contributed by atoms with Crippen LogP contribution in [-0.2, 0) is 22.3 Å². The highest BCUT2D eigenvalue weighted by Crippen LogP contribution is 2.26. The number of hydrogen-bond acceptors (Lipinski definition) is 4. The average Bonchev–Trinajstić information content (AvgIpc) is 3.29. The van der Waals surface area contributed by atoms with Crippen LogP contribution in [0.1, 0.15) is 17.0 Å². The molecule has 0 aliphatic heterocycles. The lowest BCUT2D eigenvalue weighted by Gasteiger charge is -2.03. The van der Waals surface area contributed by atoms with Crippen LogP contribution in [0.2, 0.25) is 5.15 Å². The number of hydrogen-bond donors (Lipinski definition) is 0. The van der Waals surface area contributed by atoms with E-state index in [1.807, 2.05) is 73.7 Å². The van der Waals surface area contributed by atoms with E-state index in [4.69, 9.17) is 16.1 Å². The molecule has 7 heteroatoms. The van der Waals surface area contributed by atoms with Crippen molar-refractivity contribution in [3.8, 4) is 17.0 Å². The fourth-order valence-corrected chi connectivity index (χ4v) is 4.58. The zero-order valence-electron chi connectivity index (χ0n) is 15.2. The van der Waals surface area contributed by atoms with Gasteiger partial charge < -0.3 is 4.52 Å². The van der Waals surface area contributed by atoms with Gasteiger partial charge in [-0.05, 0) is 19.1 Å². The normalized spacial score (nSPS) is 12.2. The Morgan fingerprint density at radius 2 is 1.71 bits per heavy atom. The highest BCUT2D eigenvalue weighted by molar-refractivity contribution is 7.83. The summed E-state index contributed by atoms with van der Waals surface area (Å²) in [5.41, 5.74) is 4.02. The second kappa shape index (κ2) is 8.12. The molecule has 0 bridgehead atoms. The minimum absolute atomic E-state index is 0.294. The Bertz CT molecular complexity index is 1110. The average molecular weight is 412 g/mol. The van der Waals surface area contributed by atoms with Gasteiger partial charge in [0.05, 0.1) is 28.6 Å². The Morgan fingerprint density at radius 3 is 2.43 bits per heavy atom. The fraction of sp³-hybridized carbons (Fsp3) is 0.143.